The van der Waals surface area contributed by atoms with Crippen molar-refractivity contribution in [3.63, 3.8) is 0 Å². The van der Waals surface area contributed by atoms with Crippen LogP contribution in [-0.2, 0) is 0 Å². The lowest BCUT2D eigenvalue weighted by atomic mass is 10.3. The normalized spacial score (nSPS) is 20.1. The van der Waals surface area contributed by atoms with Crippen LogP contribution in [0.3, 0.4) is 0 Å². The van der Waals surface area contributed by atoms with Crippen LogP contribution in [0, 0.1) is 0 Å². The molecule has 0 aromatic heterocycles. The van der Waals surface area contributed by atoms with Crippen LogP contribution < -0.4 is 0 Å². The van der Waals surface area contributed by atoms with Crippen molar-refractivity contribution in [1.29, 1.82) is 0 Å². The van der Waals surface area contributed by atoms with Crippen molar-refractivity contribution < 1.29 is 0 Å². The van der Waals surface area contributed by atoms with E-state index in [0.29, 0.717) is 0 Å². The number of nitrogens with zero attached hydrogens (tertiary/aromatic N) is 1. The van der Waals surface area contributed by atoms with Crippen molar-refractivity contribution >= 4 is 0 Å². The Balaban J connectivity index is 2.01. The predicted molar refractivity (Wildman–Crippen MR) is 49.7 cm³/mol. The van der Waals surface area contributed by atoms with E-state index in [1.54, 1.807) is 0 Å². The second-order valence-corrected chi connectivity index (χ2v) is 3.27. The van der Waals surface area contributed by atoms with E-state index in [9.17, 15) is 0 Å². The zero-order valence-corrected chi connectivity index (χ0v) is 7.55. The number of unbranched alkanes of at least 4 members (excludes halogenated alkanes) is 1. The fraction of sp³-hybridized carbons (Fsp3) is 0.800. The summed E-state index contributed by atoms with van der Waals surface area (Å²) in [6.45, 7) is 6.03. The van der Waals surface area contributed by atoms with Gasteiger partial charge in [0, 0.05) is 6.54 Å². The quantitative estimate of drug-likeness (QED) is 0.561. The number of hydrogen-bond acceptors (Lipinski definition) is 1. The highest BCUT2D eigenvalue weighted by molar-refractivity contribution is 4.85. The monoisotopic (exact) mass is 153 g/mol. The van der Waals surface area contributed by atoms with Gasteiger partial charge in [-0.25, -0.2) is 0 Å². The van der Waals surface area contributed by atoms with Crippen LogP contribution in [-0.4, -0.2) is 24.5 Å². The van der Waals surface area contributed by atoms with Crippen LogP contribution in [0.2, 0.25) is 0 Å². The number of likely N-dealkylation sites (tertiary alicyclic amines) is 1. The maximum Gasteiger partial charge on any atom is 0.0163 e. The van der Waals surface area contributed by atoms with E-state index >= 15 is 0 Å². The first kappa shape index (κ1) is 8.79. The van der Waals surface area contributed by atoms with Gasteiger partial charge in [-0.2, -0.15) is 0 Å². The van der Waals surface area contributed by atoms with E-state index in [-0.39, 0.29) is 0 Å². The van der Waals surface area contributed by atoms with E-state index in [4.69, 9.17) is 0 Å². The Bertz CT molecular complexity index is 112. The summed E-state index contributed by atoms with van der Waals surface area (Å²) < 4.78 is 0. The Morgan fingerprint density at radius 3 is 2.55 bits per heavy atom. The Kier molecular flexibility index (Phi) is 4.29. The van der Waals surface area contributed by atoms with Crippen LogP contribution in [0.4, 0.5) is 0 Å². The van der Waals surface area contributed by atoms with E-state index in [1.165, 1.54) is 45.3 Å². The summed E-state index contributed by atoms with van der Waals surface area (Å²) in [5, 5.41) is 0. The molecular formula is C10H19N. The molecule has 0 aliphatic carbocycles. The number of rotatable bonds is 4. The van der Waals surface area contributed by atoms with Gasteiger partial charge >= 0.3 is 0 Å². The fourth-order valence-electron chi connectivity index (χ4n) is 1.47. The lowest BCUT2D eigenvalue weighted by Gasteiger charge is -2.10. The predicted octanol–water partition coefficient (Wildman–Crippen LogP) is 2.44. The second-order valence-electron chi connectivity index (χ2n) is 3.27. The molecule has 1 nitrogen and oxygen atoms in total. The number of hydrogen-bond donors (Lipinski definition) is 0. The molecule has 0 aromatic carbocycles. The highest BCUT2D eigenvalue weighted by Crippen LogP contribution is 2.06. The largest absolute Gasteiger partial charge is 0.300 e. The Hall–Kier alpha value is -0.300. The van der Waals surface area contributed by atoms with Crippen molar-refractivity contribution in [2.45, 2.75) is 32.6 Å². The summed E-state index contributed by atoms with van der Waals surface area (Å²) in [4.78, 5) is 2.52. The molecule has 1 saturated heterocycles. The Morgan fingerprint density at radius 1 is 1.18 bits per heavy atom. The molecule has 0 spiro atoms. The van der Waals surface area contributed by atoms with E-state index < -0.39 is 0 Å². The molecule has 1 heterocycles. The third kappa shape index (κ3) is 3.57. The SMILES string of the molecule is CCCC=CCN1CCCC1. The van der Waals surface area contributed by atoms with Crippen LogP contribution >= 0.6 is 0 Å². The molecule has 0 saturated carbocycles. The third-order valence-corrected chi connectivity index (χ3v) is 2.18. The molecule has 1 aliphatic heterocycles. The summed E-state index contributed by atoms with van der Waals surface area (Å²) in [6.07, 6.45) is 9.95. The molecule has 1 rings (SSSR count). The smallest absolute Gasteiger partial charge is 0.0163 e. The first-order chi connectivity index (χ1) is 5.43. The third-order valence-electron chi connectivity index (χ3n) is 2.18. The average Bonchev–Trinajstić information content (AvgIpc) is 2.50. The van der Waals surface area contributed by atoms with E-state index in [2.05, 4.69) is 24.0 Å². The summed E-state index contributed by atoms with van der Waals surface area (Å²) >= 11 is 0. The standard InChI is InChI=1S/C10H19N/c1-2-3-4-5-8-11-9-6-7-10-11/h4-5H,2-3,6-10H2,1H3. The van der Waals surface area contributed by atoms with Crippen molar-refractivity contribution in [3.8, 4) is 0 Å². The highest BCUT2D eigenvalue weighted by atomic mass is 15.1. The molecule has 1 heteroatoms. The van der Waals surface area contributed by atoms with Crippen molar-refractivity contribution in [2.75, 3.05) is 19.6 Å². The summed E-state index contributed by atoms with van der Waals surface area (Å²) in [5.41, 5.74) is 0. The highest BCUT2D eigenvalue weighted by Gasteiger charge is 2.08. The minimum atomic E-state index is 1.18. The van der Waals surface area contributed by atoms with Crippen LogP contribution in [0.5, 0.6) is 0 Å². The van der Waals surface area contributed by atoms with Crippen LogP contribution in [0.1, 0.15) is 32.6 Å². The Labute approximate surface area is 70.1 Å². The van der Waals surface area contributed by atoms with E-state index in [0.717, 1.165) is 0 Å². The zero-order chi connectivity index (χ0) is 7.94. The minimum absolute atomic E-state index is 1.18. The lowest BCUT2D eigenvalue weighted by Crippen LogP contribution is -2.18. The molecule has 0 aromatic rings. The zero-order valence-electron chi connectivity index (χ0n) is 7.55. The molecule has 0 bridgehead atoms. The molecule has 0 amide bonds. The van der Waals surface area contributed by atoms with Crippen molar-refractivity contribution in [1.82, 2.24) is 4.90 Å². The van der Waals surface area contributed by atoms with Gasteiger partial charge in [-0.05, 0) is 32.4 Å². The topological polar surface area (TPSA) is 3.24 Å². The van der Waals surface area contributed by atoms with Crippen LogP contribution in [0.25, 0.3) is 0 Å². The molecule has 64 valence electrons. The van der Waals surface area contributed by atoms with E-state index in [1.807, 2.05) is 0 Å². The second kappa shape index (κ2) is 5.36. The van der Waals surface area contributed by atoms with Crippen molar-refractivity contribution in [2.24, 2.45) is 0 Å². The number of allylic oxidation sites excluding steroid dienone is 1. The summed E-state index contributed by atoms with van der Waals surface area (Å²) in [7, 11) is 0. The molecule has 0 radical (unpaired) electrons. The fourth-order valence-corrected chi connectivity index (χ4v) is 1.47. The van der Waals surface area contributed by atoms with Gasteiger partial charge in [0.15, 0.2) is 0 Å². The molecule has 1 fully saturated rings. The van der Waals surface area contributed by atoms with Crippen LogP contribution in [0.15, 0.2) is 12.2 Å². The molecule has 0 unspecified atom stereocenters. The first-order valence-corrected chi connectivity index (χ1v) is 4.81. The Morgan fingerprint density at radius 2 is 1.91 bits per heavy atom. The average molecular weight is 153 g/mol. The summed E-state index contributed by atoms with van der Waals surface area (Å²) in [5.74, 6) is 0. The molecule has 0 N–H and O–H groups in total. The van der Waals surface area contributed by atoms with Gasteiger partial charge < -0.3 is 0 Å². The van der Waals surface area contributed by atoms with Gasteiger partial charge in [0.25, 0.3) is 0 Å². The van der Waals surface area contributed by atoms with Gasteiger partial charge in [-0.1, -0.05) is 25.5 Å². The first-order valence-electron chi connectivity index (χ1n) is 4.81. The molecule has 1 aliphatic rings. The maximum absolute atomic E-state index is 2.52. The van der Waals surface area contributed by atoms with Gasteiger partial charge in [0.2, 0.25) is 0 Å². The molecular weight excluding hydrogens is 134 g/mol. The molecule has 0 atom stereocenters. The maximum atomic E-state index is 2.52. The van der Waals surface area contributed by atoms with Gasteiger partial charge in [0.1, 0.15) is 0 Å². The van der Waals surface area contributed by atoms with Gasteiger partial charge in [-0.3, -0.25) is 4.90 Å². The molecule has 11 heavy (non-hydrogen) atoms. The minimum Gasteiger partial charge on any atom is -0.300 e. The van der Waals surface area contributed by atoms with Crippen molar-refractivity contribution in [3.05, 3.63) is 12.2 Å². The van der Waals surface area contributed by atoms with Gasteiger partial charge in [0.05, 0.1) is 0 Å². The van der Waals surface area contributed by atoms with Gasteiger partial charge in [-0.15, -0.1) is 0 Å². The lowest BCUT2D eigenvalue weighted by molar-refractivity contribution is 0.377. The summed E-state index contributed by atoms with van der Waals surface area (Å²) in [6, 6.07) is 0.